The molecule has 0 aliphatic rings. The summed E-state index contributed by atoms with van der Waals surface area (Å²) in [7, 11) is 0. The number of allylic oxidation sites excluding steroid dienone is 1. The summed E-state index contributed by atoms with van der Waals surface area (Å²) in [6.45, 7) is 4.02. The molecule has 0 aromatic heterocycles. The van der Waals surface area contributed by atoms with E-state index < -0.39 is 5.60 Å². The summed E-state index contributed by atoms with van der Waals surface area (Å²) in [5, 5.41) is 12.9. The second-order valence-corrected chi connectivity index (χ2v) is 5.25. The molecule has 2 rings (SSSR count). The molecule has 0 radical (unpaired) electrons. The van der Waals surface area contributed by atoms with Crippen molar-refractivity contribution in [3.8, 4) is 0 Å². The maximum Gasteiger partial charge on any atom is 0.105 e. The Kier molecular flexibility index (Phi) is 4.39. The van der Waals surface area contributed by atoms with Gasteiger partial charge in [0.25, 0.3) is 0 Å². The Morgan fingerprint density at radius 1 is 1.11 bits per heavy atom. The highest BCUT2D eigenvalue weighted by atomic mass is 16.3. The van der Waals surface area contributed by atoms with Crippen LogP contribution in [0.3, 0.4) is 0 Å². The van der Waals surface area contributed by atoms with E-state index in [2.05, 4.69) is 37.3 Å². The lowest BCUT2D eigenvalue weighted by Gasteiger charge is -2.20. The summed E-state index contributed by atoms with van der Waals surface area (Å²) in [5.74, 6) is 0. The van der Waals surface area contributed by atoms with Gasteiger partial charge in [-0.2, -0.15) is 0 Å². The SMILES string of the molecule is CCCC/C=C/C(C)(O)c1ccc2ccccc2c1. The van der Waals surface area contributed by atoms with Crippen LogP contribution < -0.4 is 0 Å². The van der Waals surface area contributed by atoms with Crippen molar-refractivity contribution in [3.05, 3.63) is 60.2 Å². The number of rotatable bonds is 5. The molecule has 0 saturated carbocycles. The minimum Gasteiger partial charge on any atom is -0.381 e. The summed E-state index contributed by atoms with van der Waals surface area (Å²) in [6, 6.07) is 14.4. The topological polar surface area (TPSA) is 20.2 Å². The van der Waals surface area contributed by atoms with Gasteiger partial charge in [-0.15, -0.1) is 0 Å². The molecule has 0 spiro atoms. The third kappa shape index (κ3) is 3.45. The first-order chi connectivity index (χ1) is 9.13. The molecule has 19 heavy (non-hydrogen) atoms. The molecule has 0 aliphatic heterocycles. The predicted octanol–water partition coefficient (Wildman–Crippen LogP) is 4.79. The lowest BCUT2D eigenvalue weighted by Crippen LogP contribution is -2.17. The first kappa shape index (κ1) is 13.8. The zero-order valence-electron chi connectivity index (χ0n) is 11.8. The van der Waals surface area contributed by atoms with Gasteiger partial charge in [0, 0.05) is 0 Å². The molecule has 0 fully saturated rings. The molecular weight excluding hydrogens is 232 g/mol. The Balaban J connectivity index is 2.24. The fraction of sp³-hybridized carbons (Fsp3) is 0.333. The van der Waals surface area contributed by atoms with Gasteiger partial charge in [-0.25, -0.2) is 0 Å². The molecule has 0 bridgehead atoms. The van der Waals surface area contributed by atoms with Crippen molar-refractivity contribution in [1.82, 2.24) is 0 Å². The zero-order chi connectivity index (χ0) is 13.7. The van der Waals surface area contributed by atoms with Gasteiger partial charge in [0.2, 0.25) is 0 Å². The van der Waals surface area contributed by atoms with Gasteiger partial charge in [-0.05, 0) is 35.7 Å². The normalized spacial score (nSPS) is 14.9. The van der Waals surface area contributed by atoms with Crippen LogP contribution in [-0.4, -0.2) is 5.11 Å². The van der Waals surface area contributed by atoms with E-state index in [1.165, 1.54) is 23.6 Å². The highest BCUT2D eigenvalue weighted by Crippen LogP contribution is 2.26. The van der Waals surface area contributed by atoms with Crippen molar-refractivity contribution in [3.63, 3.8) is 0 Å². The fourth-order valence-corrected chi connectivity index (χ4v) is 2.24. The Bertz CT molecular complexity index is 567. The van der Waals surface area contributed by atoms with E-state index in [-0.39, 0.29) is 0 Å². The smallest absolute Gasteiger partial charge is 0.105 e. The summed E-state index contributed by atoms with van der Waals surface area (Å²) in [4.78, 5) is 0. The van der Waals surface area contributed by atoms with Crippen LogP contribution in [0.1, 0.15) is 38.7 Å². The van der Waals surface area contributed by atoms with Gasteiger partial charge in [-0.1, -0.05) is 68.3 Å². The van der Waals surface area contributed by atoms with Crippen molar-refractivity contribution >= 4 is 10.8 Å². The van der Waals surface area contributed by atoms with E-state index in [0.717, 1.165) is 12.0 Å². The number of benzene rings is 2. The Hall–Kier alpha value is -1.60. The molecule has 1 N–H and O–H groups in total. The molecule has 2 aromatic carbocycles. The molecule has 1 atom stereocenters. The van der Waals surface area contributed by atoms with Crippen molar-refractivity contribution in [2.45, 2.75) is 38.7 Å². The molecule has 100 valence electrons. The average molecular weight is 254 g/mol. The van der Waals surface area contributed by atoms with Crippen molar-refractivity contribution in [1.29, 1.82) is 0 Å². The third-order valence-corrected chi connectivity index (χ3v) is 3.50. The maximum atomic E-state index is 10.6. The molecule has 2 aromatic rings. The van der Waals surface area contributed by atoms with Gasteiger partial charge in [0.05, 0.1) is 0 Å². The van der Waals surface area contributed by atoms with Crippen LogP contribution in [0, 0.1) is 0 Å². The minimum atomic E-state index is -0.891. The van der Waals surface area contributed by atoms with Crippen molar-refractivity contribution in [2.24, 2.45) is 0 Å². The first-order valence-corrected chi connectivity index (χ1v) is 7.03. The largest absolute Gasteiger partial charge is 0.381 e. The second kappa shape index (κ2) is 6.03. The van der Waals surface area contributed by atoms with E-state index >= 15 is 0 Å². The lowest BCUT2D eigenvalue weighted by atomic mass is 9.93. The van der Waals surface area contributed by atoms with E-state index in [1.807, 2.05) is 31.2 Å². The number of hydrogen-bond acceptors (Lipinski definition) is 1. The number of unbranched alkanes of at least 4 members (excludes halogenated alkanes) is 2. The molecule has 1 nitrogen and oxygen atoms in total. The van der Waals surface area contributed by atoms with Crippen LogP contribution in [-0.2, 0) is 5.60 Å². The Labute approximate surface area is 115 Å². The van der Waals surface area contributed by atoms with Crippen LogP contribution in [0.4, 0.5) is 0 Å². The summed E-state index contributed by atoms with van der Waals surface area (Å²) < 4.78 is 0. The number of hydrogen-bond donors (Lipinski definition) is 1. The van der Waals surface area contributed by atoms with E-state index in [0.29, 0.717) is 0 Å². The average Bonchev–Trinajstić information content (AvgIpc) is 2.43. The molecule has 0 saturated heterocycles. The van der Waals surface area contributed by atoms with Gasteiger partial charge in [0.15, 0.2) is 0 Å². The van der Waals surface area contributed by atoms with Crippen LogP contribution in [0.15, 0.2) is 54.6 Å². The maximum absolute atomic E-state index is 10.6. The van der Waals surface area contributed by atoms with Crippen LogP contribution in [0.2, 0.25) is 0 Å². The molecular formula is C18H22O. The summed E-state index contributed by atoms with van der Waals surface area (Å²) in [6.07, 6.45) is 7.37. The second-order valence-electron chi connectivity index (χ2n) is 5.25. The fourth-order valence-electron chi connectivity index (χ4n) is 2.24. The zero-order valence-corrected chi connectivity index (χ0v) is 11.8. The monoisotopic (exact) mass is 254 g/mol. The molecule has 0 amide bonds. The van der Waals surface area contributed by atoms with E-state index in [1.54, 1.807) is 0 Å². The number of aliphatic hydroxyl groups is 1. The number of fused-ring (bicyclic) bond motifs is 1. The van der Waals surface area contributed by atoms with Crippen LogP contribution >= 0.6 is 0 Å². The molecule has 0 heterocycles. The van der Waals surface area contributed by atoms with Crippen LogP contribution in [0.25, 0.3) is 10.8 Å². The standard InChI is InChI=1S/C18H22O/c1-3-4-5-8-13-18(2,19)17-12-11-15-9-6-7-10-16(15)14-17/h6-14,19H,3-5H2,1-2H3/b13-8+. The molecule has 0 aliphatic carbocycles. The van der Waals surface area contributed by atoms with Crippen molar-refractivity contribution in [2.75, 3.05) is 0 Å². The Morgan fingerprint density at radius 2 is 1.84 bits per heavy atom. The lowest BCUT2D eigenvalue weighted by molar-refractivity contribution is 0.111. The van der Waals surface area contributed by atoms with Gasteiger partial charge < -0.3 is 5.11 Å². The van der Waals surface area contributed by atoms with Gasteiger partial charge >= 0.3 is 0 Å². The summed E-state index contributed by atoms with van der Waals surface area (Å²) in [5.41, 5.74) is 0.0524. The van der Waals surface area contributed by atoms with E-state index in [4.69, 9.17) is 0 Å². The first-order valence-electron chi connectivity index (χ1n) is 7.03. The van der Waals surface area contributed by atoms with Crippen molar-refractivity contribution < 1.29 is 5.11 Å². The van der Waals surface area contributed by atoms with Crippen LogP contribution in [0.5, 0.6) is 0 Å². The Morgan fingerprint density at radius 3 is 2.58 bits per heavy atom. The predicted molar refractivity (Wildman–Crippen MR) is 82.2 cm³/mol. The third-order valence-electron chi connectivity index (χ3n) is 3.50. The van der Waals surface area contributed by atoms with Gasteiger partial charge in [-0.3, -0.25) is 0 Å². The van der Waals surface area contributed by atoms with Gasteiger partial charge in [0.1, 0.15) is 5.60 Å². The molecule has 1 unspecified atom stereocenters. The molecule has 1 heteroatoms. The highest BCUT2D eigenvalue weighted by molar-refractivity contribution is 5.83. The highest BCUT2D eigenvalue weighted by Gasteiger charge is 2.19. The minimum absolute atomic E-state index is 0.891. The van der Waals surface area contributed by atoms with E-state index in [9.17, 15) is 5.11 Å². The summed E-state index contributed by atoms with van der Waals surface area (Å²) >= 11 is 0. The quantitative estimate of drug-likeness (QED) is 0.600.